The monoisotopic (exact) mass is 351 g/mol. The summed E-state index contributed by atoms with van der Waals surface area (Å²) in [5.41, 5.74) is 4.49. The summed E-state index contributed by atoms with van der Waals surface area (Å²) in [7, 11) is 1.67. The maximum Gasteiger partial charge on any atom is 0.251 e. The Bertz CT molecular complexity index is 944. The third-order valence-corrected chi connectivity index (χ3v) is 4.48. The van der Waals surface area contributed by atoms with Gasteiger partial charge in [0, 0.05) is 12.1 Å². The van der Waals surface area contributed by atoms with Crippen molar-refractivity contribution in [3.8, 4) is 11.4 Å². The van der Waals surface area contributed by atoms with Crippen molar-refractivity contribution >= 4 is 16.9 Å². The van der Waals surface area contributed by atoms with Crippen molar-refractivity contribution in [2.75, 3.05) is 13.7 Å². The van der Waals surface area contributed by atoms with Gasteiger partial charge in [0.2, 0.25) is 0 Å². The fraction of sp³-hybridized carbons (Fsp3) is 0.333. The van der Waals surface area contributed by atoms with Crippen LogP contribution in [0.3, 0.4) is 0 Å². The highest BCUT2D eigenvalue weighted by molar-refractivity contribution is 5.97. The number of amides is 1. The lowest BCUT2D eigenvalue weighted by Gasteiger charge is -2.13. The Kier molecular flexibility index (Phi) is 5.26. The Morgan fingerprint density at radius 1 is 1.19 bits per heavy atom. The second-order valence-electron chi connectivity index (χ2n) is 6.48. The molecule has 3 aromatic rings. The molecule has 26 heavy (non-hydrogen) atoms. The predicted molar refractivity (Wildman–Crippen MR) is 104 cm³/mol. The second-order valence-corrected chi connectivity index (χ2v) is 6.48. The molecule has 0 saturated heterocycles. The fourth-order valence-electron chi connectivity index (χ4n) is 3.10. The molecule has 1 heterocycles. The standard InChI is InChI=1S/C21H25N3O2/c1-5-6-11-22-21(25)16-8-9-18-17(13-16)23-15(3)24(18)19-12-14(2)7-10-20(19)26-4/h7-10,12-13H,5-6,11H2,1-4H3,(H,22,25). The van der Waals surface area contributed by atoms with Crippen molar-refractivity contribution < 1.29 is 9.53 Å². The van der Waals surface area contributed by atoms with Crippen LogP contribution < -0.4 is 10.1 Å². The molecule has 5 nitrogen and oxygen atoms in total. The molecule has 2 aromatic carbocycles. The highest BCUT2D eigenvalue weighted by Gasteiger charge is 2.15. The van der Waals surface area contributed by atoms with Crippen LogP contribution in [0.1, 0.15) is 41.5 Å². The number of hydrogen-bond donors (Lipinski definition) is 1. The summed E-state index contributed by atoms with van der Waals surface area (Å²) < 4.78 is 7.60. The Morgan fingerprint density at radius 3 is 2.73 bits per heavy atom. The number of nitrogens with one attached hydrogen (secondary N) is 1. The number of ether oxygens (including phenoxy) is 1. The van der Waals surface area contributed by atoms with Gasteiger partial charge < -0.3 is 10.1 Å². The molecule has 0 atom stereocenters. The van der Waals surface area contributed by atoms with E-state index in [1.54, 1.807) is 7.11 Å². The molecule has 0 saturated carbocycles. The minimum atomic E-state index is -0.0549. The van der Waals surface area contributed by atoms with Crippen LogP contribution in [-0.2, 0) is 0 Å². The fourth-order valence-corrected chi connectivity index (χ4v) is 3.10. The van der Waals surface area contributed by atoms with Gasteiger partial charge in [0.15, 0.2) is 0 Å². The SMILES string of the molecule is CCCCNC(=O)c1ccc2c(c1)nc(C)n2-c1cc(C)ccc1OC. The highest BCUT2D eigenvalue weighted by Crippen LogP contribution is 2.29. The predicted octanol–water partition coefficient (Wildman–Crippen LogP) is 4.18. The quantitative estimate of drug-likeness (QED) is 0.678. The number of aromatic nitrogens is 2. The molecule has 1 aromatic heterocycles. The number of aryl methyl sites for hydroxylation is 2. The van der Waals surface area contributed by atoms with Crippen LogP contribution in [0, 0.1) is 13.8 Å². The molecule has 0 aliphatic carbocycles. The molecule has 0 aliphatic heterocycles. The minimum Gasteiger partial charge on any atom is -0.495 e. The number of unbranched alkanes of at least 4 members (excludes halogenated alkanes) is 1. The van der Waals surface area contributed by atoms with Gasteiger partial charge in [-0.1, -0.05) is 19.4 Å². The third kappa shape index (κ3) is 3.43. The molecule has 1 amide bonds. The summed E-state index contributed by atoms with van der Waals surface area (Å²) in [5.74, 6) is 1.59. The Balaban J connectivity index is 2.03. The molecule has 0 fully saturated rings. The van der Waals surface area contributed by atoms with E-state index in [0.29, 0.717) is 12.1 Å². The minimum absolute atomic E-state index is 0.0549. The second kappa shape index (κ2) is 7.60. The van der Waals surface area contributed by atoms with Crippen molar-refractivity contribution in [3.05, 3.63) is 53.3 Å². The first kappa shape index (κ1) is 18.0. The largest absolute Gasteiger partial charge is 0.495 e. The van der Waals surface area contributed by atoms with E-state index in [-0.39, 0.29) is 5.91 Å². The van der Waals surface area contributed by atoms with Crippen LogP contribution in [0.2, 0.25) is 0 Å². The van der Waals surface area contributed by atoms with Crippen molar-refractivity contribution in [3.63, 3.8) is 0 Å². The van der Waals surface area contributed by atoms with Gasteiger partial charge in [0.05, 0.1) is 23.8 Å². The molecule has 5 heteroatoms. The van der Waals surface area contributed by atoms with E-state index in [1.807, 2.05) is 37.3 Å². The summed E-state index contributed by atoms with van der Waals surface area (Å²) in [6, 6.07) is 11.7. The number of methoxy groups -OCH3 is 1. The lowest BCUT2D eigenvalue weighted by Crippen LogP contribution is -2.24. The smallest absolute Gasteiger partial charge is 0.251 e. The first-order chi connectivity index (χ1) is 12.5. The number of carbonyl (C=O) groups excluding carboxylic acids is 1. The van der Waals surface area contributed by atoms with Crippen LogP contribution >= 0.6 is 0 Å². The molecule has 3 rings (SSSR count). The first-order valence-corrected chi connectivity index (χ1v) is 8.97. The maximum absolute atomic E-state index is 12.3. The molecular weight excluding hydrogens is 326 g/mol. The third-order valence-electron chi connectivity index (χ3n) is 4.48. The molecule has 0 aliphatic rings. The van der Waals surface area contributed by atoms with Gasteiger partial charge in [-0.25, -0.2) is 4.98 Å². The van der Waals surface area contributed by atoms with Gasteiger partial charge >= 0.3 is 0 Å². The zero-order valence-electron chi connectivity index (χ0n) is 15.8. The van der Waals surface area contributed by atoms with E-state index in [9.17, 15) is 4.79 Å². The van der Waals surface area contributed by atoms with Crippen LogP contribution in [0.25, 0.3) is 16.7 Å². The lowest BCUT2D eigenvalue weighted by molar-refractivity contribution is 0.0953. The number of fused-ring (bicyclic) bond motifs is 1. The van der Waals surface area contributed by atoms with Gasteiger partial charge in [-0.3, -0.25) is 9.36 Å². The number of nitrogens with zero attached hydrogens (tertiary/aromatic N) is 2. The molecule has 1 N–H and O–H groups in total. The summed E-state index contributed by atoms with van der Waals surface area (Å²) in [4.78, 5) is 17.0. The molecule has 136 valence electrons. The molecule has 0 spiro atoms. The van der Waals surface area contributed by atoms with Crippen molar-refractivity contribution in [2.45, 2.75) is 33.6 Å². The van der Waals surface area contributed by atoms with E-state index in [0.717, 1.165) is 46.7 Å². The van der Waals surface area contributed by atoms with E-state index in [2.05, 4.69) is 34.8 Å². The van der Waals surface area contributed by atoms with Crippen LogP contribution in [-0.4, -0.2) is 29.1 Å². The zero-order valence-corrected chi connectivity index (χ0v) is 15.8. The van der Waals surface area contributed by atoms with Gasteiger partial charge in [0.25, 0.3) is 5.91 Å². The molecule has 0 bridgehead atoms. The van der Waals surface area contributed by atoms with E-state index < -0.39 is 0 Å². The molecular formula is C21H25N3O2. The van der Waals surface area contributed by atoms with Crippen molar-refractivity contribution in [1.82, 2.24) is 14.9 Å². The average Bonchev–Trinajstić information content (AvgIpc) is 2.96. The van der Waals surface area contributed by atoms with Crippen LogP contribution in [0.4, 0.5) is 0 Å². The van der Waals surface area contributed by atoms with Gasteiger partial charge in [-0.15, -0.1) is 0 Å². The highest BCUT2D eigenvalue weighted by atomic mass is 16.5. The summed E-state index contributed by atoms with van der Waals surface area (Å²) in [6.45, 7) is 6.81. The summed E-state index contributed by atoms with van der Waals surface area (Å²) in [5, 5.41) is 2.95. The van der Waals surface area contributed by atoms with Gasteiger partial charge in [-0.05, 0) is 56.2 Å². The Morgan fingerprint density at radius 2 is 2.00 bits per heavy atom. The van der Waals surface area contributed by atoms with Gasteiger partial charge in [0.1, 0.15) is 11.6 Å². The van der Waals surface area contributed by atoms with E-state index >= 15 is 0 Å². The number of hydrogen-bond acceptors (Lipinski definition) is 3. The van der Waals surface area contributed by atoms with E-state index in [4.69, 9.17) is 4.74 Å². The Hall–Kier alpha value is -2.82. The average molecular weight is 351 g/mol. The number of imidazole rings is 1. The van der Waals surface area contributed by atoms with Crippen LogP contribution in [0.5, 0.6) is 5.75 Å². The first-order valence-electron chi connectivity index (χ1n) is 8.97. The topological polar surface area (TPSA) is 56.2 Å². The van der Waals surface area contributed by atoms with Crippen LogP contribution in [0.15, 0.2) is 36.4 Å². The zero-order chi connectivity index (χ0) is 18.7. The molecule has 0 radical (unpaired) electrons. The van der Waals surface area contributed by atoms with E-state index in [1.165, 1.54) is 0 Å². The summed E-state index contributed by atoms with van der Waals surface area (Å²) >= 11 is 0. The normalized spacial score (nSPS) is 10.9. The number of benzene rings is 2. The number of carbonyl (C=O) groups is 1. The lowest BCUT2D eigenvalue weighted by atomic mass is 10.1. The maximum atomic E-state index is 12.3. The Labute approximate surface area is 154 Å². The van der Waals surface area contributed by atoms with Gasteiger partial charge in [-0.2, -0.15) is 0 Å². The summed E-state index contributed by atoms with van der Waals surface area (Å²) in [6.07, 6.45) is 2.04. The molecule has 0 unspecified atom stereocenters. The number of rotatable bonds is 6. The van der Waals surface area contributed by atoms with Crippen molar-refractivity contribution in [2.24, 2.45) is 0 Å². The van der Waals surface area contributed by atoms with Crippen molar-refractivity contribution in [1.29, 1.82) is 0 Å².